The Morgan fingerprint density at radius 3 is 2.87 bits per heavy atom. The molecule has 5 heteroatoms. The van der Waals surface area contributed by atoms with Crippen molar-refractivity contribution in [3.05, 3.63) is 27.8 Å². The van der Waals surface area contributed by atoms with E-state index < -0.39 is 0 Å². The van der Waals surface area contributed by atoms with Gasteiger partial charge in [-0.2, -0.15) is 0 Å². The van der Waals surface area contributed by atoms with E-state index in [1.54, 1.807) is 0 Å². The van der Waals surface area contributed by atoms with Crippen molar-refractivity contribution >= 4 is 34.2 Å². The molecular formula is C10H13IN2O2. The number of nitrogens with one attached hydrogen (secondary N) is 1. The fourth-order valence-corrected chi connectivity index (χ4v) is 1.52. The van der Waals surface area contributed by atoms with Crippen molar-refractivity contribution < 1.29 is 9.53 Å². The maximum Gasteiger partial charge on any atom is 0.250 e. The van der Waals surface area contributed by atoms with Crippen molar-refractivity contribution in [3.63, 3.8) is 0 Å². The highest BCUT2D eigenvalue weighted by molar-refractivity contribution is 14.1. The molecule has 0 spiro atoms. The van der Waals surface area contributed by atoms with Gasteiger partial charge in [-0.3, -0.25) is 4.79 Å². The summed E-state index contributed by atoms with van der Waals surface area (Å²) in [4.78, 5) is 11.4. The van der Waals surface area contributed by atoms with Crippen LogP contribution in [0.3, 0.4) is 0 Å². The first-order valence-corrected chi connectivity index (χ1v) is 5.64. The van der Waals surface area contributed by atoms with Gasteiger partial charge < -0.3 is 15.8 Å². The summed E-state index contributed by atoms with van der Waals surface area (Å²) >= 11 is 2.16. The van der Waals surface area contributed by atoms with Gasteiger partial charge in [0.2, 0.25) is 5.91 Å². The Balaban J connectivity index is 2.41. The molecule has 0 radical (unpaired) electrons. The Hall–Kier alpha value is -0.660. The van der Waals surface area contributed by atoms with Crippen LogP contribution in [0.5, 0.6) is 0 Å². The minimum Gasteiger partial charge on any atom is -0.370 e. The van der Waals surface area contributed by atoms with Crippen molar-refractivity contribution in [2.45, 2.75) is 0 Å². The number of nitrogens with two attached hydrogens (primary N) is 1. The van der Waals surface area contributed by atoms with Gasteiger partial charge in [0, 0.05) is 10.1 Å². The molecule has 1 amide bonds. The number of halogens is 1. The molecule has 4 nitrogen and oxygen atoms in total. The lowest BCUT2D eigenvalue weighted by atomic mass is 10.3. The standard InChI is InChI=1S/C10H13IN2O2/c11-8-3-1-2-4-9(8)13-10(14)7-15-6-5-12/h1-4H,5-7,12H2,(H,13,14). The highest BCUT2D eigenvalue weighted by atomic mass is 127. The first-order valence-electron chi connectivity index (χ1n) is 4.56. The lowest BCUT2D eigenvalue weighted by Crippen LogP contribution is -2.21. The zero-order chi connectivity index (χ0) is 11.1. The van der Waals surface area contributed by atoms with E-state index in [0.717, 1.165) is 9.26 Å². The SMILES string of the molecule is NCCOCC(=O)Nc1ccccc1I. The van der Waals surface area contributed by atoms with E-state index >= 15 is 0 Å². The molecular weight excluding hydrogens is 307 g/mol. The van der Waals surface area contributed by atoms with Gasteiger partial charge in [-0.1, -0.05) is 12.1 Å². The van der Waals surface area contributed by atoms with Crippen LogP contribution < -0.4 is 11.1 Å². The lowest BCUT2D eigenvalue weighted by Gasteiger charge is -2.07. The van der Waals surface area contributed by atoms with E-state index in [4.69, 9.17) is 10.5 Å². The fraction of sp³-hybridized carbons (Fsp3) is 0.300. The molecule has 0 aliphatic rings. The summed E-state index contributed by atoms with van der Waals surface area (Å²) in [5.41, 5.74) is 6.04. The second kappa shape index (κ2) is 6.76. The smallest absolute Gasteiger partial charge is 0.250 e. The van der Waals surface area contributed by atoms with E-state index in [2.05, 4.69) is 27.9 Å². The largest absolute Gasteiger partial charge is 0.370 e. The summed E-state index contributed by atoms with van der Waals surface area (Å²) in [5, 5.41) is 2.76. The van der Waals surface area contributed by atoms with Gasteiger partial charge in [-0.05, 0) is 34.7 Å². The van der Waals surface area contributed by atoms with Crippen molar-refractivity contribution in [3.8, 4) is 0 Å². The topological polar surface area (TPSA) is 64.3 Å². The molecule has 1 aromatic rings. The number of hydrogen-bond acceptors (Lipinski definition) is 3. The van der Waals surface area contributed by atoms with Crippen molar-refractivity contribution in [1.29, 1.82) is 0 Å². The second-order valence-electron chi connectivity index (χ2n) is 2.87. The Morgan fingerprint density at radius 2 is 2.20 bits per heavy atom. The normalized spacial score (nSPS) is 10.0. The molecule has 0 saturated carbocycles. The third-order valence-electron chi connectivity index (χ3n) is 1.64. The van der Waals surface area contributed by atoms with Crippen LogP contribution in [0.25, 0.3) is 0 Å². The van der Waals surface area contributed by atoms with Crippen molar-refractivity contribution in [2.24, 2.45) is 5.73 Å². The minimum atomic E-state index is -0.160. The van der Waals surface area contributed by atoms with Crippen LogP contribution in [0, 0.1) is 3.57 Å². The van der Waals surface area contributed by atoms with Crippen molar-refractivity contribution in [1.82, 2.24) is 0 Å². The van der Waals surface area contributed by atoms with Crippen LogP contribution in [0.1, 0.15) is 0 Å². The van der Waals surface area contributed by atoms with E-state index in [0.29, 0.717) is 13.2 Å². The fourth-order valence-electron chi connectivity index (χ4n) is 0.997. The minimum absolute atomic E-state index is 0.0438. The van der Waals surface area contributed by atoms with Gasteiger partial charge in [-0.15, -0.1) is 0 Å². The molecule has 1 aromatic carbocycles. The number of carbonyl (C=O) groups excluding carboxylic acids is 1. The monoisotopic (exact) mass is 320 g/mol. The van der Waals surface area contributed by atoms with Gasteiger partial charge in [-0.25, -0.2) is 0 Å². The average molecular weight is 320 g/mol. The zero-order valence-corrected chi connectivity index (χ0v) is 10.4. The molecule has 0 bridgehead atoms. The number of ether oxygens (including phenoxy) is 1. The highest BCUT2D eigenvalue weighted by Gasteiger charge is 2.04. The van der Waals surface area contributed by atoms with E-state index in [1.807, 2.05) is 24.3 Å². The summed E-state index contributed by atoms with van der Waals surface area (Å²) < 4.78 is 6.02. The van der Waals surface area contributed by atoms with Gasteiger partial charge in [0.05, 0.1) is 12.3 Å². The van der Waals surface area contributed by atoms with Crippen molar-refractivity contribution in [2.75, 3.05) is 25.1 Å². The Kier molecular flexibility index (Phi) is 5.59. The summed E-state index contributed by atoms with van der Waals surface area (Å²) in [6.45, 7) is 0.873. The third kappa shape index (κ3) is 4.59. The molecule has 0 saturated heterocycles. The summed E-state index contributed by atoms with van der Waals surface area (Å²) in [6, 6.07) is 7.57. The molecule has 0 aliphatic heterocycles. The molecule has 0 unspecified atom stereocenters. The first kappa shape index (κ1) is 12.4. The number of benzene rings is 1. The lowest BCUT2D eigenvalue weighted by molar-refractivity contribution is -0.120. The maximum absolute atomic E-state index is 11.4. The van der Waals surface area contributed by atoms with Crippen LogP contribution in [0.15, 0.2) is 24.3 Å². The van der Waals surface area contributed by atoms with Gasteiger partial charge in [0.15, 0.2) is 0 Å². The zero-order valence-electron chi connectivity index (χ0n) is 8.20. The Morgan fingerprint density at radius 1 is 1.47 bits per heavy atom. The van der Waals surface area contributed by atoms with Gasteiger partial charge >= 0.3 is 0 Å². The molecule has 15 heavy (non-hydrogen) atoms. The van der Waals surface area contributed by atoms with Crippen LogP contribution in [0.4, 0.5) is 5.69 Å². The van der Waals surface area contributed by atoms with E-state index in [1.165, 1.54) is 0 Å². The van der Waals surface area contributed by atoms with Gasteiger partial charge in [0.1, 0.15) is 6.61 Å². The van der Waals surface area contributed by atoms with E-state index in [-0.39, 0.29) is 12.5 Å². The Labute approximate surface area is 102 Å². The molecule has 0 fully saturated rings. The summed E-state index contributed by atoms with van der Waals surface area (Å²) in [7, 11) is 0. The number of anilines is 1. The maximum atomic E-state index is 11.4. The van der Waals surface area contributed by atoms with E-state index in [9.17, 15) is 4.79 Å². The van der Waals surface area contributed by atoms with Crippen LogP contribution in [0.2, 0.25) is 0 Å². The average Bonchev–Trinajstić information content (AvgIpc) is 2.22. The third-order valence-corrected chi connectivity index (χ3v) is 2.58. The van der Waals surface area contributed by atoms with Crippen LogP contribution in [-0.2, 0) is 9.53 Å². The second-order valence-corrected chi connectivity index (χ2v) is 4.03. The number of rotatable bonds is 5. The summed E-state index contributed by atoms with van der Waals surface area (Å²) in [6.07, 6.45) is 0. The van der Waals surface area contributed by atoms with Gasteiger partial charge in [0.25, 0.3) is 0 Å². The highest BCUT2D eigenvalue weighted by Crippen LogP contribution is 2.16. The van der Waals surface area contributed by atoms with Crippen LogP contribution >= 0.6 is 22.6 Å². The van der Waals surface area contributed by atoms with Crippen LogP contribution in [-0.4, -0.2) is 25.7 Å². The predicted octanol–water partition coefficient (Wildman–Crippen LogP) is 1.20. The first-order chi connectivity index (χ1) is 7.24. The quantitative estimate of drug-likeness (QED) is 0.633. The number of para-hydroxylation sites is 1. The number of hydrogen-bond donors (Lipinski definition) is 2. The molecule has 0 aromatic heterocycles. The molecule has 1 rings (SSSR count). The number of carbonyl (C=O) groups is 1. The summed E-state index contributed by atoms with van der Waals surface area (Å²) in [5.74, 6) is -0.160. The Bertz CT molecular complexity index is 331. The molecule has 0 aliphatic carbocycles. The predicted molar refractivity (Wildman–Crippen MR) is 67.7 cm³/mol. The molecule has 82 valence electrons. The molecule has 0 atom stereocenters. The number of amides is 1. The molecule has 3 N–H and O–H groups in total. The molecule has 0 heterocycles.